The molecule has 11 nitrogen and oxygen atoms in total. The Labute approximate surface area is 226 Å². The number of nitrogens with zero attached hydrogens (tertiary/aromatic N) is 7. The Morgan fingerprint density at radius 1 is 1.21 bits per heavy atom. The minimum atomic E-state index is 0.237. The highest BCUT2D eigenvalue weighted by atomic mass is 16.5. The van der Waals surface area contributed by atoms with E-state index in [9.17, 15) is 5.26 Å². The Morgan fingerprint density at radius 2 is 2.08 bits per heavy atom. The summed E-state index contributed by atoms with van der Waals surface area (Å²) in [7, 11) is 1.59. The molecule has 5 aliphatic heterocycles. The van der Waals surface area contributed by atoms with E-state index >= 15 is 0 Å². The van der Waals surface area contributed by atoms with Crippen LogP contribution in [0.4, 0.5) is 5.82 Å². The number of piperidine rings is 1. The number of ether oxygens (including phenoxy) is 2. The zero-order valence-electron chi connectivity index (χ0n) is 21.7. The van der Waals surface area contributed by atoms with Gasteiger partial charge in [0.1, 0.15) is 11.9 Å². The van der Waals surface area contributed by atoms with Crippen molar-refractivity contribution in [2.75, 3.05) is 38.3 Å². The average Bonchev–Trinajstić information content (AvgIpc) is 3.01. The maximum atomic E-state index is 9.60. The largest absolute Gasteiger partial charge is 0.480 e. The molecule has 7 rings (SSSR count). The zero-order chi connectivity index (χ0) is 26.8. The fraction of sp³-hybridized carbons (Fsp3) is 0.357. The predicted octanol–water partition coefficient (Wildman–Crippen LogP) is 2.38. The van der Waals surface area contributed by atoms with E-state index in [4.69, 9.17) is 24.9 Å². The van der Waals surface area contributed by atoms with Crippen LogP contribution in [0.5, 0.6) is 5.88 Å². The van der Waals surface area contributed by atoms with Crippen LogP contribution in [0.1, 0.15) is 24.2 Å². The van der Waals surface area contributed by atoms with Gasteiger partial charge >= 0.3 is 0 Å². The second-order valence-electron chi connectivity index (χ2n) is 9.83. The van der Waals surface area contributed by atoms with Crippen LogP contribution in [0.3, 0.4) is 0 Å². The van der Waals surface area contributed by atoms with Gasteiger partial charge in [-0.25, -0.2) is 9.97 Å². The van der Waals surface area contributed by atoms with Gasteiger partial charge in [0.05, 0.1) is 67.8 Å². The number of methoxy groups -OCH3 is 1. The first-order valence-corrected chi connectivity index (χ1v) is 13.0. The fourth-order valence-electron chi connectivity index (χ4n) is 5.53. The Kier molecular flexibility index (Phi) is 6.87. The van der Waals surface area contributed by atoms with Crippen molar-refractivity contribution in [1.82, 2.24) is 30.2 Å². The molecule has 5 aliphatic rings. The summed E-state index contributed by atoms with van der Waals surface area (Å²) in [6, 6.07) is 2.97. The minimum absolute atomic E-state index is 0.237. The quantitative estimate of drug-likeness (QED) is 0.411. The molecule has 2 bridgehead atoms. The van der Waals surface area contributed by atoms with Gasteiger partial charge < -0.3 is 25.1 Å². The number of hydrogen-bond acceptors (Lipinski definition) is 11. The Bertz CT molecular complexity index is 1410. The van der Waals surface area contributed by atoms with Crippen LogP contribution < -0.4 is 15.0 Å². The molecule has 0 aliphatic carbocycles. The van der Waals surface area contributed by atoms with Crippen LogP contribution >= 0.6 is 0 Å². The lowest BCUT2D eigenvalue weighted by atomic mass is 9.87. The fourth-order valence-corrected chi connectivity index (χ4v) is 5.53. The molecule has 39 heavy (non-hydrogen) atoms. The molecule has 11 heteroatoms. The smallest absolute Gasteiger partial charge is 0.231 e. The van der Waals surface area contributed by atoms with E-state index in [-0.39, 0.29) is 5.57 Å². The summed E-state index contributed by atoms with van der Waals surface area (Å²) in [5.74, 6) is 1.36. The molecule has 3 fully saturated rings. The van der Waals surface area contributed by atoms with Crippen LogP contribution in [-0.2, 0) is 11.3 Å². The maximum Gasteiger partial charge on any atom is 0.231 e. The second-order valence-corrected chi connectivity index (χ2v) is 9.83. The third-order valence-corrected chi connectivity index (χ3v) is 7.63. The van der Waals surface area contributed by atoms with Crippen LogP contribution in [0, 0.1) is 16.7 Å². The lowest BCUT2D eigenvalue weighted by Crippen LogP contribution is -2.68. The standard InChI is InChI=1S/C28H29N9O2/c1-38-27-14-31-21(11-34-27)15-37-22-7-23(37)17-36(16-22)26-13-32-25(12-33-26)24-6-19(18-2-4-39-5-3-18)10-35-28(24)20(8-29)9-30/h2,6,8,10-14,22-23,29,35H,3-5,7,15-17H2,1H3/b28-20+,29-8?. The van der Waals surface area contributed by atoms with Gasteiger partial charge in [-0.3, -0.25) is 14.9 Å². The van der Waals surface area contributed by atoms with Crippen LogP contribution in [0.2, 0.25) is 0 Å². The molecule has 0 radical (unpaired) electrons. The molecule has 0 aromatic carbocycles. The molecule has 2 atom stereocenters. The molecule has 7 heterocycles. The average molecular weight is 524 g/mol. The minimum Gasteiger partial charge on any atom is -0.480 e. The number of anilines is 1. The van der Waals surface area contributed by atoms with E-state index in [1.165, 1.54) is 5.57 Å². The van der Waals surface area contributed by atoms with E-state index in [1.54, 1.807) is 31.9 Å². The summed E-state index contributed by atoms with van der Waals surface area (Å²) >= 11 is 0. The van der Waals surface area contributed by atoms with Gasteiger partial charge in [0, 0.05) is 49.7 Å². The van der Waals surface area contributed by atoms with Crippen molar-refractivity contribution in [3.05, 3.63) is 76.9 Å². The van der Waals surface area contributed by atoms with Crippen molar-refractivity contribution in [2.45, 2.75) is 31.5 Å². The number of fused-ring (bicyclic) bond motifs is 2. The molecule has 2 aromatic heterocycles. The lowest BCUT2D eigenvalue weighted by Gasteiger charge is -2.56. The highest BCUT2D eigenvalue weighted by molar-refractivity contribution is 5.92. The van der Waals surface area contributed by atoms with Gasteiger partial charge in [-0.05, 0) is 30.1 Å². The van der Waals surface area contributed by atoms with E-state index < -0.39 is 0 Å². The van der Waals surface area contributed by atoms with Crippen molar-refractivity contribution in [1.29, 1.82) is 10.7 Å². The summed E-state index contributed by atoms with van der Waals surface area (Å²) in [5.41, 5.74) is 5.32. The van der Waals surface area contributed by atoms with Gasteiger partial charge in [0.25, 0.3) is 0 Å². The number of nitriles is 1. The number of rotatable bonds is 7. The summed E-state index contributed by atoms with van der Waals surface area (Å²) in [6.45, 7) is 3.78. The molecule has 198 valence electrons. The summed E-state index contributed by atoms with van der Waals surface area (Å²) in [4.78, 5) is 23.0. The monoisotopic (exact) mass is 523 g/mol. The van der Waals surface area contributed by atoms with Crippen molar-refractivity contribution >= 4 is 17.6 Å². The summed E-state index contributed by atoms with van der Waals surface area (Å²) in [5, 5.41) is 20.5. The number of hydrogen-bond donors (Lipinski definition) is 2. The Morgan fingerprint density at radius 3 is 2.72 bits per heavy atom. The molecule has 3 saturated heterocycles. The van der Waals surface area contributed by atoms with Gasteiger partial charge in [-0.15, -0.1) is 0 Å². The van der Waals surface area contributed by atoms with Crippen molar-refractivity contribution in [3.8, 4) is 11.9 Å². The van der Waals surface area contributed by atoms with Crippen LogP contribution in [0.15, 0.2) is 65.6 Å². The van der Waals surface area contributed by atoms with Crippen LogP contribution in [0.25, 0.3) is 5.57 Å². The van der Waals surface area contributed by atoms with E-state index in [0.717, 1.165) is 61.3 Å². The number of nitrogens with one attached hydrogen (secondary N) is 2. The zero-order valence-corrected chi connectivity index (χ0v) is 21.7. The lowest BCUT2D eigenvalue weighted by molar-refractivity contribution is -0.00981. The third kappa shape index (κ3) is 4.92. The normalized spacial score (nSPS) is 23.8. The predicted molar refractivity (Wildman–Crippen MR) is 145 cm³/mol. The van der Waals surface area contributed by atoms with Crippen molar-refractivity contribution in [3.63, 3.8) is 0 Å². The molecular weight excluding hydrogens is 494 g/mol. The Balaban J connectivity index is 1.18. The van der Waals surface area contributed by atoms with E-state index in [1.807, 2.05) is 12.3 Å². The topological polar surface area (TPSA) is 136 Å². The highest BCUT2D eigenvalue weighted by Crippen LogP contribution is 2.36. The number of allylic oxidation sites excluding steroid dienone is 4. The van der Waals surface area contributed by atoms with Crippen molar-refractivity contribution < 1.29 is 9.47 Å². The molecule has 2 unspecified atom stereocenters. The van der Waals surface area contributed by atoms with Gasteiger partial charge in [0.15, 0.2) is 0 Å². The number of aromatic nitrogens is 4. The Hall–Kier alpha value is -4.40. The molecule has 0 spiro atoms. The summed E-state index contributed by atoms with van der Waals surface area (Å²) < 4.78 is 10.6. The summed E-state index contributed by atoms with van der Waals surface area (Å²) in [6.07, 6.45) is 16.0. The molecule has 2 aromatic rings. The molecular formula is C28H29N9O2. The first-order valence-electron chi connectivity index (χ1n) is 13.0. The van der Waals surface area contributed by atoms with E-state index in [2.05, 4.69) is 37.2 Å². The van der Waals surface area contributed by atoms with Gasteiger partial charge in [-0.2, -0.15) is 5.26 Å². The van der Waals surface area contributed by atoms with Crippen LogP contribution in [-0.4, -0.2) is 76.5 Å². The first-order chi connectivity index (χ1) is 19.2. The van der Waals surface area contributed by atoms with Gasteiger partial charge in [-0.1, -0.05) is 6.08 Å². The van der Waals surface area contributed by atoms with Gasteiger partial charge in [0.2, 0.25) is 5.88 Å². The highest BCUT2D eigenvalue weighted by Gasteiger charge is 2.45. The number of dihydropyridines is 1. The molecule has 2 N–H and O–H groups in total. The van der Waals surface area contributed by atoms with E-state index in [0.29, 0.717) is 42.6 Å². The maximum absolute atomic E-state index is 9.60. The first kappa shape index (κ1) is 24.9. The van der Waals surface area contributed by atoms with Crippen molar-refractivity contribution in [2.24, 2.45) is 0 Å². The second kappa shape index (κ2) is 10.8. The molecule has 0 amide bonds. The SMILES string of the molecule is COc1cnc(CN2C3CC2CN(c2cnc(C4=CC(C5=CCOCC5)=CN/C4=C(/C#N)C=N)cn2)C3)cn1. The molecule has 0 saturated carbocycles. The third-order valence-electron chi connectivity index (χ3n) is 7.63. The number of piperazine rings is 1.